The minimum Gasteiger partial charge on any atom is -0.330 e. The molecule has 3 N–H and O–H groups in total. The predicted molar refractivity (Wildman–Crippen MR) is 83.7 cm³/mol. The zero-order valence-electron chi connectivity index (χ0n) is 12.7. The Morgan fingerprint density at radius 1 is 1.20 bits per heavy atom. The number of carbonyl (C=O) groups is 1. The molecule has 2 rings (SSSR count). The Balaban J connectivity index is 1.98. The van der Waals surface area contributed by atoms with Crippen molar-refractivity contribution in [3.05, 3.63) is 29.3 Å². The number of anilines is 1. The monoisotopic (exact) mass is 274 g/mol. The van der Waals surface area contributed by atoms with Gasteiger partial charge >= 0.3 is 0 Å². The minimum absolute atomic E-state index is 0.0298. The fourth-order valence-corrected chi connectivity index (χ4v) is 3.12. The van der Waals surface area contributed by atoms with E-state index in [9.17, 15) is 4.79 Å². The Bertz CT molecular complexity index is 476. The van der Waals surface area contributed by atoms with Crippen LogP contribution in [0, 0.1) is 19.3 Å². The van der Waals surface area contributed by atoms with Gasteiger partial charge in [-0.1, -0.05) is 25.3 Å². The van der Waals surface area contributed by atoms with Gasteiger partial charge in [-0.3, -0.25) is 4.79 Å². The molecular formula is C17H26N2O. The first kappa shape index (κ1) is 15.0. The number of nitrogens with one attached hydrogen (secondary N) is 1. The van der Waals surface area contributed by atoms with Crippen LogP contribution in [0.3, 0.4) is 0 Å². The minimum atomic E-state index is 0.0298. The maximum absolute atomic E-state index is 12.3. The normalized spacial score (nSPS) is 17.8. The third-order valence-corrected chi connectivity index (χ3v) is 4.67. The van der Waals surface area contributed by atoms with Gasteiger partial charge in [-0.2, -0.15) is 0 Å². The highest BCUT2D eigenvalue weighted by atomic mass is 16.1. The van der Waals surface area contributed by atoms with Gasteiger partial charge in [0.1, 0.15) is 0 Å². The Morgan fingerprint density at radius 3 is 2.50 bits per heavy atom. The number of hydrogen-bond donors (Lipinski definition) is 2. The molecular weight excluding hydrogens is 248 g/mol. The van der Waals surface area contributed by atoms with Crippen LogP contribution in [-0.4, -0.2) is 12.5 Å². The molecule has 0 aliphatic heterocycles. The first-order chi connectivity index (χ1) is 9.54. The number of amides is 1. The smallest absolute Gasteiger partial charge is 0.224 e. The summed E-state index contributed by atoms with van der Waals surface area (Å²) in [6.45, 7) is 4.76. The van der Waals surface area contributed by atoms with Crippen molar-refractivity contribution in [3.63, 3.8) is 0 Å². The van der Waals surface area contributed by atoms with E-state index in [4.69, 9.17) is 5.73 Å². The van der Waals surface area contributed by atoms with E-state index in [1.807, 2.05) is 18.2 Å². The average molecular weight is 274 g/mol. The van der Waals surface area contributed by atoms with Gasteiger partial charge in [0, 0.05) is 12.1 Å². The quantitative estimate of drug-likeness (QED) is 0.882. The fourth-order valence-electron chi connectivity index (χ4n) is 3.12. The van der Waals surface area contributed by atoms with Crippen LogP contribution >= 0.6 is 0 Å². The predicted octanol–water partition coefficient (Wildman–Crippen LogP) is 3.54. The highest BCUT2D eigenvalue weighted by Gasteiger charge is 2.32. The molecule has 0 radical (unpaired) electrons. The van der Waals surface area contributed by atoms with Crippen molar-refractivity contribution in [2.75, 3.05) is 11.9 Å². The van der Waals surface area contributed by atoms with Crippen molar-refractivity contribution < 1.29 is 4.79 Å². The lowest BCUT2D eigenvalue weighted by Gasteiger charge is -2.35. The molecule has 0 unspecified atom stereocenters. The third-order valence-electron chi connectivity index (χ3n) is 4.67. The summed E-state index contributed by atoms with van der Waals surface area (Å²) in [6.07, 6.45) is 6.41. The van der Waals surface area contributed by atoms with Crippen molar-refractivity contribution in [2.24, 2.45) is 11.1 Å². The van der Waals surface area contributed by atoms with Gasteiger partial charge in [0.2, 0.25) is 5.91 Å². The van der Waals surface area contributed by atoms with Gasteiger partial charge in [0.25, 0.3) is 0 Å². The van der Waals surface area contributed by atoms with Crippen LogP contribution in [0.1, 0.15) is 49.7 Å². The zero-order chi connectivity index (χ0) is 14.6. The molecule has 0 atom stereocenters. The number of carbonyl (C=O) groups excluding carboxylic acids is 1. The van der Waals surface area contributed by atoms with Crippen LogP contribution in [-0.2, 0) is 4.79 Å². The molecule has 1 aromatic carbocycles. The van der Waals surface area contributed by atoms with E-state index in [0.29, 0.717) is 13.0 Å². The molecule has 1 aliphatic rings. The summed E-state index contributed by atoms with van der Waals surface area (Å²) >= 11 is 0. The van der Waals surface area contributed by atoms with Gasteiger partial charge in [-0.25, -0.2) is 0 Å². The highest BCUT2D eigenvalue weighted by molar-refractivity contribution is 5.91. The molecule has 1 saturated carbocycles. The Morgan fingerprint density at radius 2 is 1.90 bits per heavy atom. The molecule has 1 fully saturated rings. The van der Waals surface area contributed by atoms with E-state index in [0.717, 1.165) is 18.5 Å². The van der Waals surface area contributed by atoms with E-state index < -0.39 is 0 Å². The average Bonchev–Trinajstić information content (AvgIpc) is 2.44. The number of hydrogen-bond acceptors (Lipinski definition) is 2. The molecule has 1 aliphatic carbocycles. The molecule has 110 valence electrons. The lowest BCUT2D eigenvalue weighted by Crippen LogP contribution is -2.36. The highest BCUT2D eigenvalue weighted by Crippen LogP contribution is 2.38. The van der Waals surface area contributed by atoms with E-state index in [2.05, 4.69) is 19.2 Å². The van der Waals surface area contributed by atoms with Crippen molar-refractivity contribution in [2.45, 2.75) is 52.4 Å². The molecule has 0 aromatic heterocycles. The van der Waals surface area contributed by atoms with E-state index in [-0.39, 0.29) is 11.3 Å². The molecule has 0 heterocycles. The van der Waals surface area contributed by atoms with Gasteiger partial charge in [-0.05, 0) is 61.9 Å². The van der Waals surface area contributed by atoms with Crippen LogP contribution in [0.5, 0.6) is 0 Å². The van der Waals surface area contributed by atoms with E-state index in [1.54, 1.807) is 0 Å². The van der Waals surface area contributed by atoms with Gasteiger partial charge < -0.3 is 11.1 Å². The molecule has 3 nitrogen and oxygen atoms in total. The lowest BCUT2D eigenvalue weighted by molar-refractivity contribution is -0.118. The van der Waals surface area contributed by atoms with Gasteiger partial charge in [0.15, 0.2) is 0 Å². The van der Waals surface area contributed by atoms with Crippen LogP contribution in [0.25, 0.3) is 0 Å². The maximum atomic E-state index is 12.3. The second-order valence-electron chi connectivity index (χ2n) is 6.29. The Hall–Kier alpha value is -1.35. The second kappa shape index (κ2) is 6.40. The van der Waals surface area contributed by atoms with E-state index >= 15 is 0 Å². The molecule has 0 saturated heterocycles. The molecule has 3 heteroatoms. The molecule has 20 heavy (non-hydrogen) atoms. The number of rotatable bonds is 4. The lowest BCUT2D eigenvalue weighted by atomic mass is 9.71. The van der Waals surface area contributed by atoms with Crippen LogP contribution < -0.4 is 11.1 Å². The SMILES string of the molecule is Cc1ccc(NC(=O)CC2(CN)CCCCC2)cc1C. The topological polar surface area (TPSA) is 55.1 Å². The Labute approximate surface area is 121 Å². The summed E-state index contributed by atoms with van der Waals surface area (Å²) in [6, 6.07) is 6.05. The second-order valence-corrected chi connectivity index (χ2v) is 6.29. The first-order valence-corrected chi connectivity index (χ1v) is 7.62. The first-order valence-electron chi connectivity index (χ1n) is 7.62. The summed E-state index contributed by atoms with van der Waals surface area (Å²) in [7, 11) is 0. The van der Waals surface area contributed by atoms with Gasteiger partial charge in [-0.15, -0.1) is 0 Å². The van der Waals surface area contributed by atoms with Crippen LogP contribution in [0.15, 0.2) is 18.2 Å². The van der Waals surface area contributed by atoms with Crippen molar-refractivity contribution in [1.82, 2.24) is 0 Å². The largest absolute Gasteiger partial charge is 0.330 e. The number of benzene rings is 1. The summed E-state index contributed by atoms with van der Waals surface area (Å²) < 4.78 is 0. The molecule has 0 bridgehead atoms. The molecule has 1 amide bonds. The van der Waals surface area contributed by atoms with E-state index in [1.165, 1.54) is 30.4 Å². The summed E-state index contributed by atoms with van der Waals surface area (Å²) in [5, 5.41) is 3.02. The summed E-state index contributed by atoms with van der Waals surface area (Å²) in [5.41, 5.74) is 9.31. The zero-order valence-corrected chi connectivity index (χ0v) is 12.7. The fraction of sp³-hybridized carbons (Fsp3) is 0.588. The van der Waals surface area contributed by atoms with Crippen molar-refractivity contribution in [1.29, 1.82) is 0 Å². The molecule has 0 spiro atoms. The maximum Gasteiger partial charge on any atom is 0.224 e. The standard InChI is InChI=1S/C17H26N2O/c1-13-6-7-15(10-14(13)2)19-16(20)11-17(12-18)8-4-3-5-9-17/h6-7,10H,3-5,8-9,11-12,18H2,1-2H3,(H,19,20). The summed E-state index contributed by atoms with van der Waals surface area (Å²) in [5.74, 6) is 0.0978. The van der Waals surface area contributed by atoms with Crippen molar-refractivity contribution in [3.8, 4) is 0 Å². The van der Waals surface area contributed by atoms with Crippen LogP contribution in [0.4, 0.5) is 5.69 Å². The van der Waals surface area contributed by atoms with Gasteiger partial charge in [0.05, 0.1) is 0 Å². The molecule has 1 aromatic rings. The Kier molecular flexibility index (Phi) is 4.81. The summed E-state index contributed by atoms with van der Waals surface area (Å²) in [4.78, 5) is 12.3. The van der Waals surface area contributed by atoms with Crippen molar-refractivity contribution >= 4 is 11.6 Å². The van der Waals surface area contributed by atoms with Crippen LogP contribution in [0.2, 0.25) is 0 Å². The number of nitrogens with two attached hydrogens (primary N) is 1. The number of aryl methyl sites for hydroxylation is 2. The third kappa shape index (κ3) is 3.60.